The minimum Gasteiger partial charge on any atom is -0.380 e. The van der Waals surface area contributed by atoms with Gasteiger partial charge >= 0.3 is 0 Å². The molecule has 0 aliphatic carbocycles. The van der Waals surface area contributed by atoms with E-state index in [1.54, 1.807) is 6.20 Å². The van der Waals surface area contributed by atoms with E-state index in [-0.39, 0.29) is 0 Å². The zero-order chi connectivity index (χ0) is 12.1. The fourth-order valence-corrected chi connectivity index (χ4v) is 1.79. The minimum absolute atomic E-state index is 0.586. The van der Waals surface area contributed by atoms with Crippen LogP contribution >= 0.6 is 15.9 Å². The molecule has 1 heterocycles. The van der Waals surface area contributed by atoms with E-state index in [1.807, 2.05) is 12.1 Å². The smallest absolute Gasteiger partial charge is 0.164 e. The summed E-state index contributed by atoms with van der Waals surface area (Å²) in [5, 5.41) is 6.99. The van der Waals surface area contributed by atoms with E-state index in [4.69, 9.17) is 10.3 Å². The molecule has 1 aromatic carbocycles. The first-order valence-corrected chi connectivity index (χ1v) is 6.21. The van der Waals surface area contributed by atoms with Gasteiger partial charge in [-0.3, -0.25) is 0 Å². The first-order valence-electron chi connectivity index (χ1n) is 5.41. The molecule has 17 heavy (non-hydrogen) atoms. The number of halogens is 1. The number of benzene rings is 1. The van der Waals surface area contributed by atoms with Crippen molar-refractivity contribution >= 4 is 21.6 Å². The van der Waals surface area contributed by atoms with Gasteiger partial charge in [0.15, 0.2) is 5.76 Å². The predicted octanol–water partition coefficient (Wildman–Crippen LogP) is 2.40. The second-order valence-electron chi connectivity index (χ2n) is 3.68. The highest BCUT2D eigenvalue weighted by molar-refractivity contribution is 9.10. The maximum atomic E-state index is 5.45. The van der Waals surface area contributed by atoms with Crippen LogP contribution in [-0.4, -0.2) is 18.2 Å². The van der Waals surface area contributed by atoms with Crippen LogP contribution < -0.4 is 11.1 Å². The maximum absolute atomic E-state index is 5.45. The van der Waals surface area contributed by atoms with E-state index in [9.17, 15) is 0 Å². The topological polar surface area (TPSA) is 64.1 Å². The monoisotopic (exact) mass is 295 g/mol. The van der Waals surface area contributed by atoms with Gasteiger partial charge < -0.3 is 15.6 Å². The SMILES string of the molecule is NCCNc1cnoc1Cc1ccc(Br)cc1. The summed E-state index contributed by atoms with van der Waals surface area (Å²) in [6.07, 6.45) is 2.41. The van der Waals surface area contributed by atoms with E-state index >= 15 is 0 Å². The summed E-state index contributed by atoms with van der Waals surface area (Å²) in [5.74, 6) is 0.834. The van der Waals surface area contributed by atoms with Crippen LogP contribution in [0.25, 0.3) is 0 Å². The molecule has 0 saturated heterocycles. The van der Waals surface area contributed by atoms with E-state index < -0.39 is 0 Å². The Kier molecular flexibility index (Phi) is 4.17. The molecule has 0 aliphatic heterocycles. The Morgan fingerprint density at radius 2 is 2.06 bits per heavy atom. The van der Waals surface area contributed by atoms with Crippen molar-refractivity contribution in [2.24, 2.45) is 5.73 Å². The van der Waals surface area contributed by atoms with Gasteiger partial charge in [-0.15, -0.1) is 0 Å². The number of anilines is 1. The summed E-state index contributed by atoms with van der Waals surface area (Å²) in [5.41, 5.74) is 7.54. The third-order valence-corrected chi connectivity index (χ3v) is 2.91. The van der Waals surface area contributed by atoms with Crippen molar-refractivity contribution in [1.29, 1.82) is 0 Å². The fraction of sp³-hybridized carbons (Fsp3) is 0.250. The molecule has 1 aromatic heterocycles. The van der Waals surface area contributed by atoms with Crippen molar-refractivity contribution in [3.63, 3.8) is 0 Å². The first-order chi connectivity index (χ1) is 8.29. The van der Waals surface area contributed by atoms with Crippen LogP contribution in [0.2, 0.25) is 0 Å². The molecule has 0 amide bonds. The van der Waals surface area contributed by atoms with Crippen LogP contribution in [0.5, 0.6) is 0 Å². The molecule has 3 N–H and O–H groups in total. The van der Waals surface area contributed by atoms with Crippen molar-refractivity contribution in [3.05, 3.63) is 46.3 Å². The lowest BCUT2D eigenvalue weighted by Crippen LogP contribution is -2.13. The summed E-state index contributed by atoms with van der Waals surface area (Å²) in [4.78, 5) is 0. The minimum atomic E-state index is 0.586. The molecule has 0 atom stereocenters. The second-order valence-corrected chi connectivity index (χ2v) is 4.60. The van der Waals surface area contributed by atoms with Crippen molar-refractivity contribution in [2.45, 2.75) is 6.42 Å². The maximum Gasteiger partial charge on any atom is 0.164 e. The van der Waals surface area contributed by atoms with E-state index in [1.165, 1.54) is 5.56 Å². The van der Waals surface area contributed by atoms with Crippen molar-refractivity contribution < 1.29 is 4.52 Å². The van der Waals surface area contributed by atoms with Crippen LogP contribution in [0.15, 0.2) is 39.5 Å². The van der Waals surface area contributed by atoms with Gasteiger partial charge in [0, 0.05) is 24.0 Å². The zero-order valence-corrected chi connectivity index (χ0v) is 10.9. The molecule has 5 heteroatoms. The number of nitrogens with two attached hydrogens (primary N) is 1. The van der Waals surface area contributed by atoms with E-state index in [2.05, 4.69) is 38.5 Å². The standard InChI is InChI=1S/C12H14BrN3O/c13-10-3-1-9(2-4-10)7-12-11(8-16-17-12)15-6-5-14/h1-4,8,15H,5-7,14H2. The first kappa shape index (κ1) is 12.1. The molecular weight excluding hydrogens is 282 g/mol. The predicted molar refractivity (Wildman–Crippen MR) is 71.0 cm³/mol. The molecule has 2 rings (SSSR count). The number of aromatic nitrogens is 1. The third kappa shape index (κ3) is 3.31. The van der Waals surface area contributed by atoms with Gasteiger partial charge in [0.1, 0.15) is 0 Å². The Morgan fingerprint density at radius 3 is 2.76 bits per heavy atom. The zero-order valence-electron chi connectivity index (χ0n) is 9.32. The van der Waals surface area contributed by atoms with Gasteiger partial charge in [-0.25, -0.2) is 0 Å². The Hall–Kier alpha value is -1.33. The van der Waals surface area contributed by atoms with Gasteiger partial charge in [-0.2, -0.15) is 0 Å². The molecule has 0 radical (unpaired) electrons. The molecule has 0 unspecified atom stereocenters. The molecule has 0 aliphatic rings. The average Bonchev–Trinajstić information content (AvgIpc) is 2.77. The molecule has 4 nitrogen and oxygen atoms in total. The summed E-state index contributed by atoms with van der Waals surface area (Å²) >= 11 is 3.41. The normalized spacial score (nSPS) is 10.5. The quantitative estimate of drug-likeness (QED) is 0.889. The Morgan fingerprint density at radius 1 is 1.29 bits per heavy atom. The second kappa shape index (κ2) is 5.84. The van der Waals surface area contributed by atoms with Crippen molar-refractivity contribution in [3.8, 4) is 0 Å². The highest BCUT2D eigenvalue weighted by Crippen LogP contribution is 2.19. The van der Waals surface area contributed by atoms with Gasteiger partial charge in [0.25, 0.3) is 0 Å². The van der Waals surface area contributed by atoms with Gasteiger partial charge in [-0.05, 0) is 17.7 Å². The number of nitrogens with zero attached hydrogens (tertiary/aromatic N) is 1. The van der Waals surface area contributed by atoms with E-state index in [0.717, 1.165) is 22.3 Å². The van der Waals surface area contributed by atoms with Crippen LogP contribution in [0.4, 0.5) is 5.69 Å². The lowest BCUT2D eigenvalue weighted by atomic mass is 10.1. The molecule has 2 aromatic rings. The average molecular weight is 296 g/mol. The van der Waals surface area contributed by atoms with Crippen LogP contribution in [0.3, 0.4) is 0 Å². The summed E-state index contributed by atoms with van der Waals surface area (Å²) in [6.45, 7) is 1.30. The van der Waals surface area contributed by atoms with Gasteiger partial charge in [-0.1, -0.05) is 33.2 Å². The van der Waals surface area contributed by atoms with Crippen LogP contribution in [0, 0.1) is 0 Å². The lowest BCUT2D eigenvalue weighted by molar-refractivity contribution is 0.390. The molecule has 0 bridgehead atoms. The summed E-state index contributed by atoms with van der Waals surface area (Å²) in [7, 11) is 0. The Balaban J connectivity index is 2.07. The van der Waals surface area contributed by atoms with Crippen molar-refractivity contribution in [2.75, 3.05) is 18.4 Å². The number of rotatable bonds is 5. The number of hydrogen-bond donors (Lipinski definition) is 2. The highest BCUT2D eigenvalue weighted by Gasteiger charge is 2.08. The lowest BCUT2D eigenvalue weighted by Gasteiger charge is -2.03. The van der Waals surface area contributed by atoms with Crippen LogP contribution in [0.1, 0.15) is 11.3 Å². The van der Waals surface area contributed by atoms with Gasteiger partial charge in [0.2, 0.25) is 0 Å². The largest absolute Gasteiger partial charge is 0.380 e. The Labute approximate surface area is 108 Å². The van der Waals surface area contributed by atoms with Gasteiger partial charge in [0.05, 0.1) is 11.9 Å². The summed E-state index contributed by atoms with van der Waals surface area (Å²) in [6, 6.07) is 8.13. The fourth-order valence-electron chi connectivity index (χ4n) is 1.53. The van der Waals surface area contributed by atoms with E-state index in [0.29, 0.717) is 13.1 Å². The highest BCUT2D eigenvalue weighted by atomic mass is 79.9. The third-order valence-electron chi connectivity index (χ3n) is 2.38. The number of hydrogen-bond acceptors (Lipinski definition) is 4. The van der Waals surface area contributed by atoms with Crippen LogP contribution in [-0.2, 0) is 6.42 Å². The molecule has 0 fully saturated rings. The molecule has 90 valence electrons. The molecular formula is C12H14BrN3O. The van der Waals surface area contributed by atoms with Crippen molar-refractivity contribution in [1.82, 2.24) is 5.16 Å². The summed E-state index contributed by atoms with van der Waals surface area (Å²) < 4.78 is 6.30. The molecule has 0 saturated carbocycles. The Bertz CT molecular complexity index is 467. The molecule has 0 spiro atoms. The number of nitrogens with one attached hydrogen (secondary N) is 1.